The first kappa shape index (κ1) is 93.1. The van der Waals surface area contributed by atoms with Crippen LogP contribution in [0.1, 0.15) is 463 Å². The predicted octanol–water partition coefficient (Wildman–Crippen LogP) is 30.7. The topological polar surface area (TPSA) is 72.8 Å². The minimum Gasteiger partial charge on any atom is -0.462 e. The van der Waals surface area contributed by atoms with Crippen LogP contribution in [0.4, 0.5) is 0 Å². The molecule has 0 aromatic carbocycles. The minimum atomic E-state index is -0.774. The molecule has 0 rings (SSSR count). The predicted molar refractivity (Wildman–Crippen MR) is 426 cm³/mol. The Balaban J connectivity index is 3.38. The summed E-state index contributed by atoms with van der Waals surface area (Å²) >= 11 is 0. The molecule has 1 unspecified atom stereocenters. The van der Waals surface area contributed by atoms with E-state index in [2.05, 4.69) is 98.9 Å². The number of aliphatic hydroxyl groups is 1. The van der Waals surface area contributed by atoms with Crippen molar-refractivity contribution in [2.24, 2.45) is 0 Å². The van der Waals surface area contributed by atoms with E-state index in [9.17, 15) is 14.7 Å². The molecule has 0 fully saturated rings. The lowest BCUT2D eigenvalue weighted by molar-refractivity contribution is -0.161. The number of aliphatic hydroxyl groups excluding tert-OH is 1. The van der Waals surface area contributed by atoms with Gasteiger partial charge in [0.15, 0.2) is 6.10 Å². The van der Waals surface area contributed by atoms with E-state index in [1.54, 1.807) is 0 Å². The Morgan fingerprint density at radius 3 is 0.677 bits per heavy atom. The van der Waals surface area contributed by atoms with Crippen molar-refractivity contribution in [2.75, 3.05) is 13.2 Å². The molecule has 1 atom stereocenters. The van der Waals surface area contributed by atoms with Crippen molar-refractivity contribution in [1.82, 2.24) is 0 Å². The summed E-state index contributed by atoms with van der Waals surface area (Å²) in [6.07, 6.45) is 123. The van der Waals surface area contributed by atoms with E-state index in [1.165, 1.54) is 360 Å². The molecule has 0 radical (unpaired) electrons. The largest absolute Gasteiger partial charge is 0.462 e. The van der Waals surface area contributed by atoms with Gasteiger partial charge in [-0.1, -0.05) is 465 Å². The first-order chi connectivity index (χ1) is 47.6. The van der Waals surface area contributed by atoms with Crippen LogP contribution in [-0.2, 0) is 19.1 Å². The normalized spacial score (nSPS) is 12.6. The van der Waals surface area contributed by atoms with Gasteiger partial charge in [0.1, 0.15) is 6.61 Å². The molecule has 0 spiro atoms. The third-order valence-electron chi connectivity index (χ3n) is 19.7. The summed E-state index contributed by atoms with van der Waals surface area (Å²) in [6, 6.07) is 0. The molecule has 0 saturated carbocycles. The molecule has 1 N–H and O–H groups in total. The molecule has 96 heavy (non-hydrogen) atoms. The average Bonchev–Trinajstić information content (AvgIpc) is 3.79. The van der Waals surface area contributed by atoms with E-state index >= 15 is 0 Å². The zero-order chi connectivity index (χ0) is 69.0. The van der Waals surface area contributed by atoms with Gasteiger partial charge in [0.25, 0.3) is 0 Å². The van der Waals surface area contributed by atoms with E-state index in [1.807, 2.05) is 0 Å². The molecule has 0 aliphatic carbocycles. The number of hydrogen-bond acceptors (Lipinski definition) is 5. The average molecular weight is 1340 g/mol. The molecule has 0 saturated heterocycles. The van der Waals surface area contributed by atoms with E-state index in [0.717, 1.165) is 77.0 Å². The fourth-order valence-electron chi connectivity index (χ4n) is 13.3. The van der Waals surface area contributed by atoms with Crippen LogP contribution in [-0.4, -0.2) is 36.4 Å². The second-order valence-electron chi connectivity index (χ2n) is 29.2. The first-order valence-corrected chi connectivity index (χ1v) is 43.1. The number of allylic oxidation sites excluding steroid dienone is 14. The van der Waals surface area contributed by atoms with Crippen LogP contribution in [0.3, 0.4) is 0 Å². The fourth-order valence-corrected chi connectivity index (χ4v) is 13.3. The van der Waals surface area contributed by atoms with E-state index in [-0.39, 0.29) is 25.2 Å². The smallest absolute Gasteiger partial charge is 0.306 e. The molecule has 0 aromatic rings. The van der Waals surface area contributed by atoms with Gasteiger partial charge in [-0.15, -0.1) is 0 Å². The molecule has 0 heterocycles. The van der Waals surface area contributed by atoms with Crippen LogP contribution in [0.25, 0.3) is 0 Å². The Morgan fingerprint density at radius 2 is 0.448 bits per heavy atom. The third kappa shape index (κ3) is 83.5. The molecule has 5 nitrogen and oxygen atoms in total. The van der Waals surface area contributed by atoms with Crippen LogP contribution in [0.5, 0.6) is 0 Å². The van der Waals surface area contributed by atoms with Gasteiger partial charge in [0.2, 0.25) is 0 Å². The standard InChI is InChI=1S/C91H166O5/c1-3-5-7-9-11-13-15-17-19-21-23-25-27-29-31-33-35-37-39-41-43-45-47-49-51-53-55-57-59-61-63-65-67-69-71-73-75-77-79-81-83-85-90(93)95-88-89(87-92)96-91(94)86-84-82-80-78-76-74-72-70-68-66-64-62-60-58-56-54-52-50-48-46-44-42-40-38-36-34-32-30-28-26-24-22-20-18-16-14-12-10-8-6-4-2/h6,8,12,14,18,20,24,26,30,32,36,38,42,44,89,92H,3-5,7,9-11,13,15-17,19,21-23,25,27-29,31,33-35,37,39-41,43,45-88H2,1-2H3/b8-6-,14-12-,20-18-,26-24-,32-30-,38-36-,44-42-. The van der Waals surface area contributed by atoms with Crippen molar-refractivity contribution >= 4 is 11.9 Å². The summed E-state index contributed by atoms with van der Waals surface area (Å²) in [7, 11) is 0. The highest BCUT2D eigenvalue weighted by Gasteiger charge is 2.16. The maximum absolute atomic E-state index is 12.4. The number of rotatable bonds is 81. The fraction of sp³-hybridized carbons (Fsp3) is 0.824. The Labute approximate surface area is 600 Å². The maximum atomic E-state index is 12.4. The number of carbonyl (C=O) groups excluding carboxylic acids is 2. The lowest BCUT2D eigenvalue weighted by atomic mass is 10.0. The second-order valence-corrected chi connectivity index (χ2v) is 29.2. The van der Waals surface area contributed by atoms with Crippen molar-refractivity contribution in [2.45, 2.75) is 469 Å². The number of esters is 2. The van der Waals surface area contributed by atoms with Gasteiger partial charge < -0.3 is 14.6 Å². The van der Waals surface area contributed by atoms with Crippen LogP contribution in [0.15, 0.2) is 85.1 Å². The van der Waals surface area contributed by atoms with Crippen molar-refractivity contribution in [3.05, 3.63) is 85.1 Å². The maximum Gasteiger partial charge on any atom is 0.306 e. The lowest BCUT2D eigenvalue weighted by Gasteiger charge is -2.15. The Hall–Kier alpha value is -2.92. The van der Waals surface area contributed by atoms with Gasteiger partial charge in [-0.3, -0.25) is 9.59 Å². The zero-order valence-corrected chi connectivity index (χ0v) is 64.7. The van der Waals surface area contributed by atoms with Gasteiger partial charge >= 0.3 is 11.9 Å². The van der Waals surface area contributed by atoms with Crippen LogP contribution >= 0.6 is 0 Å². The highest BCUT2D eigenvalue weighted by molar-refractivity contribution is 5.70. The molecule has 0 aromatic heterocycles. The quantitative estimate of drug-likeness (QED) is 0.0373. The highest BCUT2D eigenvalue weighted by atomic mass is 16.6. The summed E-state index contributed by atoms with van der Waals surface area (Å²) in [5.41, 5.74) is 0. The summed E-state index contributed by atoms with van der Waals surface area (Å²) in [5.74, 6) is -0.566. The lowest BCUT2D eigenvalue weighted by Crippen LogP contribution is -2.28. The number of carbonyl (C=O) groups is 2. The molecule has 0 bridgehead atoms. The van der Waals surface area contributed by atoms with E-state index in [4.69, 9.17) is 9.47 Å². The minimum absolute atomic E-state index is 0.0610. The van der Waals surface area contributed by atoms with Gasteiger partial charge in [-0.05, 0) is 70.6 Å². The van der Waals surface area contributed by atoms with Crippen LogP contribution in [0.2, 0.25) is 0 Å². The molecular weight excluding hydrogens is 1170 g/mol. The Morgan fingerprint density at radius 1 is 0.250 bits per heavy atom. The van der Waals surface area contributed by atoms with Gasteiger partial charge in [-0.2, -0.15) is 0 Å². The summed E-state index contributed by atoms with van der Waals surface area (Å²) < 4.78 is 10.8. The van der Waals surface area contributed by atoms with Crippen molar-refractivity contribution in [1.29, 1.82) is 0 Å². The second kappa shape index (κ2) is 86.3. The molecule has 560 valence electrons. The summed E-state index contributed by atoms with van der Waals surface area (Å²) in [5, 5.41) is 9.74. The number of hydrogen-bond donors (Lipinski definition) is 1. The first-order valence-electron chi connectivity index (χ1n) is 43.1. The molecule has 0 aliphatic heterocycles. The van der Waals surface area contributed by atoms with Crippen molar-refractivity contribution in [3.8, 4) is 0 Å². The van der Waals surface area contributed by atoms with Crippen molar-refractivity contribution < 1.29 is 24.2 Å². The van der Waals surface area contributed by atoms with E-state index < -0.39 is 6.10 Å². The molecule has 5 heteroatoms. The Bertz CT molecular complexity index is 1720. The number of ether oxygens (including phenoxy) is 2. The zero-order valence-electron chi connectivity index (χ0n) is 64.7. The summed E-state index contributed by atoms with van der Waals surface area (Å²) in [6.45, 7) is 4.09. The van der Waals surface area contributed by atoms with Crippen molar-refractivity contribution in [3.63, 3.8) is 0 Å². The molecule has 0 aliphatic rings. The van der Waals surface area contributed by atoms with Gasteiger partial charge in [0, 0.05) is 12.8 Å². The van der Waals surface area contributed by atoms with Gasteiger partial charge in [-0.25, -0.2) is 0 Å². The summed E-state index contributed by atoms with van der Waals surface area (Å²) in [4.78, 5) is 24.8. The Kier molecular flexibility index (Phi) is 83.7. The van der Waals surface area contributed by atoms with Gasteiger partial charge in [0.05, 0.1) is 6.61 Å². The van der Waals surface area contributed by atoms with Crippen LogP contribution in [0, 0.1) is 0 Å². The third-order valence-corrected chi connectivity index (χ3v) is 19.7. The van der Waals surface area contributed by atoms with E-state index in [0.29, 0.717) is 12.8 Å². The molecular formula is C91H166O5. The molecule has 0 amide bonds. The SMILES string of the molecule is CC/C=C\C/C=C\C/C=C\C/C=C\C/C=C\C/C=C\C/C=C\CCCCCCCCCCCCCCCCCCCCCC(=O)OC(CO)COC(=O)CCCCCCCCCCCCCCCCCCCCCCCCCCCCCCCCCCCCCCCCCCC. The highest BCUT2D eigenvalue weighted by Crippen LogP contribution is 2.21. The number of unbranched alkanes of at least 4 members (excludes halogenated alkanes) is 59. The monoisotopic (exact) mass is 1340 g/mol. The van der Waals surface area contributed by atoms with Crippen LogP contribution < -0.4 is 0 Å².